The van der Waals surface area contributed by atoms with Gasteiger partial charge in [0.15, 0.2) is 0 Å². The van der Waals surface area contributed by atoms with Gasteiger partial charge >= 0.3 is 0 Å². The third kappa shape index (κ3) is 3.61. The summed E-state index contributed by atoms with van der Waals surface area (Å²) in [7, 11) is 0. The quantitative estimate of drug-likeness (QED) is 0.907. The molecule has 7 heteroatoms. The van der Waals surface area contributed by atoms with E-state index < -0.39 is 6.04 Å². The fourth-order valence-corrected chi connectivity index (χ4v) is 3.43. The van der Waals surface area contributed by atoms with Gasteiger partial charge in [0, 0.05) is 15.6 Å². The summed E-state index contributed by atoms with van der Waals surface area (Å²) < 4.78 is 5.28. The van der Waals surface area contributed by atoms with Gasteiger partial charge in [-0.05, 0) is 36.1 Å². The van der Waals surface area contributed by atoms with E-state index in [1.807, 2.05) is 24.4 Å². The van der Waals surface area contributed by atoms with E-state index in [4.69, 9.17) is 16.3 Å². The smallest absolute Gasteiger partial charge is 0.249 e. The highest BCUT2D eigenvalue weighted by Crippen LogP contribution is 2.24. The molecule has 1 fully saturated rings. The van der Waals surface area contributed by atoms with Gasteiger partial charge in [0.05, 0.1) is 13.2 Å². The minimum absolute atomic E-state index is 0.00531. The van der Waals surface area contributed by atoms with Crippen LogP contribution in [0.4, 0.5) is 5.69 Å². The van der Waals surface area contributed by atoms with Crippen molar-refractivity contribution in [2.24, 2.45) is 0 Å². The van der Waals surface area contributed by atoms with Gasteiger partial charge < -0.3 is 15.0 Å². The van der Waals surface area contributed by atoms with E-state index >= 15 is 0 Å². The molecule has 1 N–H and O–H groups in total. The lowest BCUT2D eigenvalue weighted by molar-refractivity contribution is -0.153. The number of rotatable bonds is 4. The lowest BCUT2D eigenvalue weighted by Gasteiger charge is -2.34. The maximum absolute atomic E-state index is 12.7. The minimum atomic E-state index is -0.660. The molecular weight excluding hydrogens is 348 g/mol. The maximum Gasteiger partial charge on any atom is 0.249 e. The summed E-state index contributed by atoms with van der Waals surface area (Å²) in [5, 5.41) is 5.39. The molecule has 24 heavy (non-hydrogen) atoms. The monoisotopic (exact) mass is 364 g/mol. The molecule has 1 aliphatic heterocycles. The number of ether oxygens (including phenoxy) is 1. The highest BCUT2D eigenvalue weighted by Gasteiger charge is 2.34. The van der Waals surface area contributed by atoms with Crippen LogP contribution in [0, 0.1) is 6.92 Å². The second kappa shape index (κ2) is 7.34. The third-order valence-corrected chi connectivity index (χ3v) is 5.20. The van der Waals surface area contributed by atoms with E-state index in [1.54, 1.807) is 34.4 Å². The molecule has 2 amide bonds. The van der Waals surface area contributed by atoms with Crippen LogP contribution in [-0.2, 0) is 20.9 Å². The van der Waals surface area contributed by atoms with Crippen molar-refractivity contribution in [3.63, 3.8) is 0 Å². The second-order valence-corrected chi connectivity index (χ2v) is 6.97. The Morgan fingerprint density at radius 1 is 1.42 bits per heavy atom. The summed E-state index contributed by atoms with van der Waals surface area (Å²) in [6, 6.07) is 8.54. The van der Waals surface area contributed by atoms with Crippen LogP contribution in [0.15, 0.2) is 35.7 Å². The first kappa shape index (κ1) is 17.0. The van der Waals surface area contributed by atoms with E-state index in [-0.39, 0.29) is 25.0 Å². The first-order chi connectivity index (χ1) is 11.6. The number of hydrogen-bond acceptors (Lipinski definition) is 4. The molecule has 2 heterocycles. The molecule has 126 valence electrons. The van der Waals surface area contributed by atoms with Crippen molar-refractivity contribution >= 4 is 40.4 Å². The number of anilines is 1. The van der Waals surface area contributed by atoms with Crippen molar-refractivity contribution in [1.82, 2.24) is 4.90 Å². The van der Waals surface area contributed by atoms with Crippen molar-refractivity contribution in [2.45, 2.75) is 19.5 Å². The van der Waals surface area contributed by atoms with Gasteiger partial charge in [-0.2, -0.15) is 0 Å². The number of halogens is 1. The molecule has 0 radical (unpaired) electrons. The molecule has 0 saturated carbocycles. The number of amides is 2. The fourth-order valence-electron chi connectivity index (χ4n) is 2.55. The number of carbonyl (C=O) groups is 2. The van der Waals surface area contributed by atoms with Crippen molar-refractivity contribution in [2.75, 3.05) is 18.5 Å². The Bertz CT molecular complexity index is 748. The van der Waals surface area contributed by atoms with Crippen LogP contribution in [0.2, 0.25) is 5.02 Å². The zero-order chi connectivity index (χ0) is 17.1. The second-order valence-electron chi connectivity index (χ2n) is 5.53. The van der Waals surface area contributed by atoms with Crippen molar-refractivity contribution in [1.29, 1.82) is 0 Å². The first-order valence-electron chi connectivity index (χ1n) is 7.52. The SMILES string of the molecule is Cc1c(Cl)cccc1NC(=O)C1COCC(=O)N1Cc1cccs1. The number of hydrogen-bond donors (Lipinski definition) is 1. The lowest BCUT2D eigenvalue weighted by Crippen LogP contribution is -2.54. The number of benzene rings is 1. The molecule has 1 aliphatic rings. The topological polar surface area (TPSA) is 58.6 Å². The summed E-state index contributed by atoms with van der Waals surface area (Å²) in [6.07, 6.45) is 0. The molecule has 1 saturated heterocycles. The first-order valence-corrected chi connectivity index (χ1v) is 8.77. The van der Waals surface area contributed by atoms with Crippen LogP contribution in [0.25, 0.3) is 0 Å². The minimum Gasteiger partial charge on any atom is -0.369 e. The number of thiophene rings is 1. The van der Waals surface area contributed by atoms with Gasteiger partial charge in [0.1, 0.15) is 12.6 Å². The average molecular weight is 365 g/mol. The molecule has 5 nitrogen and oxygen atoms in total. The summed E-state index contributed by atoms with van der Waals surface area (Å²) in [4.78, 5) is 27.5. The van der Waals surface area contributed by atoms with Crippen LogP contribution < -0.4 is 5.32 Å². The Hall–Kier alpha value is -1.89. The van der Waals surface area contributed by atoms with Crippen LogP contribution in [0.1, 0.15) is 10.4 Å². The molecular formula is C17H17ClN2O3S. The Labute approximate surface area is 149 Å². The molecule has 1 atom stereocenters. The fraction of sp³-hybridized carbons (Fsp3) is 0.294. The van der Waals surface area contributed by atoms with Gasteiger partial charge in [0.2, 0.25) is 11.8 Å². The van der Waals surface area contributed by atoms with Gasteiger partial charge in [-0.1, -0.05) is 23.7 Å². The summed E-state index contributed by atoms with van der Waals surface area (Å²) in [6.45, 7) is 2.43. The highest BCUT2D eigenvalue weighted by molar-refractivity contribution is 7.09. The third-order valence-electron chi connectivity index (χ3n) is 3.93. The lowest BCUT2D eigenvalue weighted by atomic mass is 10.1. The number of nitrogens with zero attached hydrogens (tertiary/aromatic N) is 1. The van der Waals surface area contributed by atoms with Gasteiger partial charge in [-0.15, -0.1) is 11.3 Å². The molecule has 2 aromatic rings. The van der Waals surface area contributed by atoms with Crippen molar-refractivity contribution in [3.8, 4) is 0 Å². The predicted molar refractivity (Wildman–Crippen MR) is 94.3 cm³/mol. The molecule has 0 spiro atoms. The van der Waals surface area contributed by atoms with Crippen molar-refractivity contribution < 1.29 is 14.3 Å². The molecule has 3 rings (SSSR count). The van der Waals surface area contributed by atoms with Crippen LogP contribution in [-0.4, -0.2) is 36.0 Å². The average Bonchev–Trinajstić information content (AvgIpc) is 3.07. The van der Waals surface area contributed by atoms with Crippen LogP contribution >= 0.6 is 22.9 Å². The summed E-state index contributed by atoms with van der Waals surface area (Å²) in [5.41, 5.74) is 1.43. The normalized spacial score (nSPS) is 17.8. The zero-order valence-electron chi connectivity index (χ0n) is 13.1. The van der Waals surface area contributed by atoms with Gasteiger partial charge in [-0.25, -0.2) is 0 Å². The number of nitrogens with one attached hydrogen (secondary N) is 1. The molecule has 0 bridgehead atoms. The Morgan fingerprint density at radius 3 is 3.00 bits per heavy atom. The Morgan fingerprint density at radius 2 is 2.25 bits per heavy atom. The van der Waals surface area contributed by atoms with E-state index in [1.165, 1.54) is 0 Å². The summed E-state index contributed by atoms with van der Waals surface area (Å²) >= 11 is 7.65. The maximum atomic E-state index is 12.7. The van der Waals surface area contributed by atoms with E-state index in [0.29, 0.717) is 17.3 Å². The Balaban J connectivity index is 1.78. The largest absolute Gasteiger partial charge is 0.369 e. The van der Waals surface area contributed by atoms with Crippen molar-refractivity contribution in [3.05, 3.63) is 51.2 Å². The van der Waals surface area contributed by atoms with E-state index in [2.05, 4.69) is 5.32 Å². The zero-order valence-corrected chi connectivity index (χ0v) is 14.7. The summed E-state index contributed by atoms with van der Waals surface area (Å²) in [5.74, 6) is -0.456. The van der Waals surface area contributed by atoms with Gasteiger partial charge in [-0.3, -0.25) is 9.59 Å². The Kier molecular flexibility index (Phi) is 5.18. The standard InChI is InChI=1S/C17H17ClN2O3S/c1-11-13(18)5-2-6-14(11)19-17(22)15-9-23-10-16(21)20(15)8-12-4-3-7-24-12/h2-7,15H,8-10H2,1H3,(H,19,22). The molecule has 1 unspecified atom stereocenters. The van der Waals surface area contributed by atoms with E-state index in [0.717, 1.165) is 10.4 Å². The molecule has 1 aromatic carbocycles. The molecule has 0 aliphatic carbocycles. The predicted octanol–water partition coefficient (Wildman–Crippen LogP) is 3.08. The van der Waals surface area contributed by atoms with Gasteiger partial charge in [0.25, 0.3) is 0 Å². The molecule has 1 aromatic heterocycles. The van der Waals surface area contributed by atoms with Crippen LogP contribution in [0.5, 0.6) is 0 Å². The van der Waals surface area contributed by atoms with Crippen LogP contribution in [0.3, 0.4) is 0 Å². The highest BCUT2D eigenvalue weighted by atomic mass is 35.5. The number of carbonyl (C=O) groups excluding carboxylic acids is 2. The van der Waals surface area contributed by atoms with E-state index in [9.17, 15) is 9.59 Å². The number of morpholine rings is 1.